The summed E-state index contributed by atoms with van der Waals surface area (Å²) in [6, 6.07) is 2.31. The summed E-state index contributed by atoms with van der Waals surface area (Å²) in [5.74, 6) is 1.06. The third-order valence-corrected chi connectivity index (χ3v) is 4.49. The number of piperidine rings is 1. The number of hydrogen-bond donors (Lipinski definition) is 1. The average Bonchev–Trinajstić information content (AvgIpc) is 3.06. The molecule has 0 aromatic heterocycles. The van der Waals surface area contributed by atoms with Gasteiger partial charge in [-0.3, -0.25) is 0 Å². The maximum Gasteiger partial charge on any atom is 0.00966 e. The molecule has 0 bridgehead atoms. The Kier molecular flexibility index (Phi) is 4.26. The summed E-state index contributed by atoms with van der Waals surface area (Å²) in [5, 5.41) is 3.90. The highest BCUT2D eigenvalue weighted by atomic mass is 15.1. The predicted octanol–water partition coefficient (Wildman–Crippen LogP) is 2.64. The topological polar surface area (TPSA) is 15.3 Å². The van der Waals surface area contributed by atoms with Gasteiger partial charge in [0.2, 0.25) is 0 Å². The van der Waals surface area contributed by atoms with Crippen molar-refractivity contribution >= 4 is 0 Å². The maximum absolute atomic E-state index is 3.90. The lowest BCUT2D eigenvalue weighted by molar-refractivity contribution is 0.160. The second kappa shape index (κ2) is 5.50. The van der Waals surface area contributed by atoms with E-state index in [0.717, 1.165) is 24.0 Å². The van der Waals surface area contributed by atoms with Crippen molar-refractivity contribution in [3.8, 4) is 0 Å². The zero-order valence-electron chi connectivity index (χ0n) is 11.2. The van der Waals surface area contributed by atoms with Crippen LogP contribution in [-0.2, 0) is 0 Å². The first-order valence-electron chi connectivity index (χ1n) is 7.15. The molecule has 94 valence electrons. The number of nitrogens with zero attached hydrogens (tertiary/aromatic N) is 1. The maximum atomic E-state index is 3.90. The van der Waals surface area contributed by atoms with E-state index < -0.39 is 0 Å². The van der Waals surface area contributed by atoms with E-state index in [4.69, 9.17) is 0 Å². The van der Waals surface area contributed by atoms with Gasteiger partial charge in [0.05, 0.1) is 0 Å². The molecule has 2 fully saturated rings. The molecule has 2 aliphatic rings. The highest BCUT2D eigenvalue weighted by Crippen LogP contribution is 2.34. The van der Waals surface area contributed by atoms with Crippen LogP contribution in [0.5, 0.6) is 0 Å². The average molecular weight is 224 g/mol. The molecule has 16 heavy (non-hydrogen) atoms. The van der Waals surface area contributed by atoms with Gasteiger partial charge in [0, 0.05) is 18.1 Å². The van der Waals surface area contributed by atoms with E-state index in [1.165, 1.54) is 45.1 Å². The van der Waals surface area contributed by atoms with Crippen LogP contribution < -0.4 is 5.32 Å². The number of nitrogens with one attached hydrogen (secondary N) is 1. The zero-order valence-corrected chi connectivity index (χ0v) is 11.2. The lowest BCUT2D eigenvalue weighted by Gasteiger charge is -2.37. The van der Waals surface area contributed by atoms with Crippen molar-refractivity contribution in [2.75, 3.05) is 13.6 Å². The molecular formula is C14H28N2. The van der Waals surface area contributed by atoms with E-state index in [0.29, 0.717) is 0 Å². The van der Waals surface area contributed by atoms with Crippen molar-refractivity contribution in [2.24, 2.45) is 5.92 Å². The van der Waals surface area contributed by atoms with E-state index in [9.17, 15) is 0 Å². The molecular weight excluding hydrogens is 196 g/mol. The number of likely N-dealkylation sites (tertiary alicyclic amines) is 1. The van der Waals surface area contributed by atoms with Gasteiger partial charge in [-0.05, 0) is 52.1 Å². The van der Waals surface area contributed by atoms with Crippen LogP contribution in [0, 0.1) is 5.92 Å². The fourth-order valence-electron chi connectivity index (χ4n) is 2.88. The third kappa shape index (κ3) is 3.46. The molecule has 0 spiro atoms. The summed E-state index contributed by atoms with van der Waals surface area (Å²) in [6.07, 6.45) is 8.37. The molecule has 1 aliphatic heterocycles. The quantitative estimate of drug-likeness (QED) is 0.772. The minimum Gasteiger partial charge on any atom is -0.311 e. The van der Waals surface area contributed by atoms with Crippen LogP contribution in [0.25, 0.3) is 0 Å². The predicted molar refractivity (Wildman–Crippen MR) is 69.7 cm³/mol. The second-order valence-electron chi connectivity index (χ2n) is 6.00. The van der Waals surface area contributed by atoms with E-state index in [1.54, 1.807) is 0 Å². The molecule has 1 saturated heterocycles. The minimum atomic E-state index is 0.754. The molecule has 2 rings (SSSR count). The zero-order chi connectivity index (χ0) is 11.5. The molecule has 0 radical (unpaired) electrons. The summed E-state index contributed by atoms with van der Waals surface area (Å²) in [5.41, 5.74) is 0. The molecule has 0 aromatic rings. The summed E-state index contributed by atoms with van der Waals surface area (Å²) in [6.45, 7) is 5.95. The Morgan fingerprint density at radius 3 is 2.62 bits per heavy atom. The van der Waals surface area contributed by atoms with Crippen molar-refractivity contribution in [3.63, 3.8) is 0 Å². The Bertz CT molecular complexity index is 213. The van der Waals surface area contributed by atoms with Gasteiger partial charge in [-0.2, -0.15) is 0 Å². The van der Waals surface area contributed by atoms with Gasteiger partial charge in [0.25, 0.3) is 0 Å². The smallest absolute Gasteiger partial charge is 0.00966 e. The van der Waals surface area contributed by atoms with Crippen molar-refractivity contribution < 1.29 is 0 Å². The Labute approximate surface area is 101 Å². The molecule has 0 aromatic carbocycles. The molecule has 1 aliphatic carbocycles. The fourth-order valence-corrected chi connectivity index (χ4v) is 2.88. The van der Waals surface area contributed by atoms with E-state index in [-0.39, 0.29) is 0 Å². The summed E-state index contributed by atoms with van der Waals surface area (Å²) in [7, 11) is 2.25. The van der Waals surface area contributed by atoms with Crippen molar-refractivity contribution in [3.05, 3.63) is 0 Å². The molecule has 1 saturated carbocycles. The van der Waals surface area contributed by atoms with Crippen LogP contribution in [0.4, 0.5) is 0 Å². The summed E-state index contributed by atoms with van der Waals surface area (Å²) < 4.78 is 0. The molecule has 1 N–H and O–H groups in total. The highest BCUT2D eigenvalue weighted by molar-refractivity contribution is 4.86. The number of rotatable bonds is 5. The Balaban J connectivity index is 1.74. The second-order valence-corrected chi connectivity index (χ2v) is 6.00. The van der Waals surface area contributed by atoms with Crippen molar-refractivity contribution in [1.82, 2.24) is 10.2 Å². The molecule has 3 atom stereocenters. The lowest BCUT2D eigenvalue weighted by Crippen LogP contribution is -2.48. The SMILES string of the molecule is CCC(CC1CC1)NC1CCN(C)C(C)C1. The first kappa shape index (κ1) is 12.4. The van der Waals surface area contributed by atoms with E-state index in [2.05, 4.69) is 31.1 Å². The van der Waals surface area contributed by atoms with Gasteiger partial charge in [-0.1, -0.05) is 19.8 Å². The monoisotopic (exact) mass is 224 g/mol. The van der Waals surface area contributed by atoms with E-state index >= 15 is 0 Å². The Hall–Kier alpha value is -0.0800. The van der Waals surface area contributed by atoms with Crippen LogP contribution in [0.1, 0.15) is 52.4 Å². The highest BCUT2D eigenvalue weighted by Gasteiger charge is 2.28. The summed E-state index contributed by atoms with van der Waals surface area (Å²) >= 11 is 0. The van der Waals surface area contributed by atoms with Gasteiger partial charge in [-0.15, -0.1) is 0 Å². The number of hydrogen-bond acceptors (Lipinski definition) is 2. The van der Waals surface area contributed by atoms with E-state index in [1.807, 2.05) is 0 Å². The van der Waals surface area contributed by atoms with Crippen LogP contribution in [0.15, 0.2) is 0 Å². The standard InChI is InChI=1S/C14H28N2/c1-4-13(10-12-5-6-12)15-14-7-8-16(3)11(2)9-14/h11-15H,4-10H2,1-3H3. The molecule has 1 heterocycles. The molecule has 3 unspecified atom stereocenters. The largest absolute Gasteiger partial charge is 0.311 e. The minimum absolute atomic E-state index is 0.754. The third-order valence-electron chi connectivity index (χ3n) is 4.49. The van der Waals surface area contributed by atoms with Gasteiger partial charge in [0.15, 0.2) is 0 Å². The van der Waals surface area contributed by atoms with Crippen LogP contribution in [0.3, 0.4) is 0 Å². The summed E-state index contributed by atoms with van der Waals surface area (Å²) in [4.78, 5) is 2.49. The van der Waals surface area contributed by atoms with Crippen molar-refractivity contribution in [1.29, 1.82) is 0 Å². The Morgan fingerprint density at radius 2 is 2.06 bits per heavy atom. The van der Waals surface area contributed by atoms with Crippen LogP contribution >= 0.6 is 0 Å². The molecule has 2 heteroatoms. The van der Waals surface area contributed by atoms with Gasteiger partial charge >= 0.3 is 0 Å². The van der Waals surface area contributed by atoms with Gasteiger partial charge in [-0.25, -0.2) is 0 Å². The first-order chi connectivity index (χ1) is 7.69. The van der Waals surface area contributed by atoms with Gasteiger partial charge < -0.3 is 10.2 Å². The molecule has 2 nitrogen and oxygen atoms in total. The van der Waals surface area contributed by atoms with Crippen LogP contribution in [0.2, 0.25) is 0 Å². The Morgan fingerprint density at radius 1 is 1.31 bits per heavy atom. The first-order valence-corrected chi connectivity index (χ1v) is 7.15. The molecule has 0 amide bonds. The van der Waals surface area contributed by atoms with Crippen LogP contribution in [-0.4, -0.2) is 36.6 Å². The van der Waals surface area contributed by atoms with Gasteiger partial charge in [0.1, 0.15) is 0 Å². The normalized spacial score (nSPS) is 33.9. The van der Waals surface area contributed by atoms with Crippen molar-refractivity contribution in [2.45, 2.75) is 70.5 Å². The fraction of sp³-hybridized carbons (Fsp3) is 1.00. The lowest BCUT2D eigenvalue weighted by atomic mass is 9.96.